The summed E-state index contributed by atoms with van der Waals surface area (Å²) in [5, 5.41) is 7.40. The van der Waals surface area contributed by atoms with E-state index in [1.807, 2.05) is 37.3 Å². The largest absolute Gasteiger partial charge is 0.493 e. The van der Waals surface area contributed by atoms with Crippen molar-refractivity contribution in [3.8, 4) is 11.5 Å². The first-order chi connectivity index (χ1) is 13.1. The van der Waals surface area contributed by atoms with Crippen molar-refractivity contribution in [2.24, 2.45) is 5.10 Å². The molecule has 2 rings (SSSR count). The molecule has 0 unspecified atom stereocenters. The van der Waals surface area contributed by atoms with E-state index in [1.165, 1.54) is 13.2 Å². The Morgan fingerprint density at radius 2 is 1.93 bits per heavy atom. The van der Waals surface area contributed by atoms with Crippen molar-refractivity contribution in [2.45, 2.75) is 6.92 Å². The second kappa shape index (κ2) is 10.7. The van der Waals surface area contributed by atoms with Crippen LogP contribution in [0.5, 0.6) is 11.5 Å². The SMILES string of the molecule is CCNC(=S)N/N=C/c1ccc(OC(=O)/C=C/c2ccccc2)c(OC)c1. The van der Waals surface area contributed by atoms with Gasteiger partial charge >= 0.3 is 5.97 Å². The maximum absolute atomic E-state index is 12.0. The number of hydrazone groups is 1. The summed E-state index contributed by atoms with van der Waals surface area (Å²) in [5.41, 5.74) is 4.38. The molecule has 140 valence electrons. The van der Waals surface area contributed by atoms with Gasteiger partial charge in [0.15, 0.2) is 16.6 Å². The molecule has 0 saturated carbocycles. The summed E-state index contributed by atoms with van der Waals surface area (Å²) in [6.07, 6.45) is 4.65. The number of nitrogens with one attached hydrogen (secondary N) is 2. The Morgan fingerprint density at radius 3 is 2.63 bits per heavy atom. The van der Waals surface area contributed by atoms with Gasteiger partial charge in [0.25, 0.3) is 0 Å². The summed E-state index contributed by atoms with van der Waals surface area (Å²) >= 11 is 5.02. The van der Waals surface area contributed by atoms with Crippen molar-refractivity contribution in [3.05, 3.63) is 65.7 Å². The Hall–Kier alpha value is -3.19. The van der Waals surface area contributed by atoms with Gasteiger partial charge in [-0.3, -0.25) is 5.43 Å². The first-order valence-electron chi connectivity index (χ1n) is 8.32. The fourth-order valence-electron chi connectivity index (χ4n) is 2.09. The van der Waals surface area contributed by atoms with Gasteiger partial charge < -0.3 is 14.8 Å². The van der Waals surface area contributed by atoms with Gasteiger partial charge in [0.05, 0.1) is 13.3 Å². The van der Waals surface area contributed by atoms with Crippen LogP contribution in [-0.2, 0) is 4.79 Å². The Bertz CT molecular complexity index is 836. The molecule has 0 atom stereocenters. The molecule has 0 aliphatic rings. The van der Waals surface area contributed by atoms with Crippen LogP contribution < -0.4 is 20.2 Å². The highest BCUT2D eigenvalue weighted by Gasteiger charge is 2.08. The van der Waals surface area contributed by atoms with Crippen LogP contribution in [0, 0.1) is 0 Å². The number of hydrogen-bond donors (Lipinski definition) is 2. The smallest absolute Gasteiger partial charge is 0.336 e. The van der Waals surface area contributed by atoms with E-state index < -0.39 is 5.97 Å². The first-order valence-corrected chi connectivity index (χ1v) is 8.73. The van der Waals surface area contributed by atoms with E-state index in [-0.39, 0.29) is 0 Å². The molecule has 0 saturated heterocycles. The van der Waals surface area contributed by atoms with Crippen LogP contribution in [0.15, 0.2) is 59.7 Å². The predicted octanol–water partition coefficient (Wildman–Crippen LogP) is 3.13. The highest BCUT2D eigenvalue weighted by atomic mass is 32.1. The number of methoxy groups -OCH3 is 1. The maximum Gasteiger partial charge on any atom is 0.336 e. The molecule has 0 bridgehead atoms. The summed E-state index contributed by atoms with van der Waals surface area (Å²) in [6.45, 7) is 2.66. The van der Waals surface area contributed by atoms with E-state index in [4.69, 9.17) is 21.7 Å². The summed E-state index contributed by atoms with van der Waals surface area (Å²) in [6, 6.07) is 14.6. The number of hydrogen-bond acceptors (Lipinski definition) is 5. The fraction of sp³-hybridized carbons (Fsp3) is 0.150. The quantitative estimate of drug-likeness (QED) is 0.191. The molecule has 0 aliphatic heterocycles. The number of rotatable bonds is 7. The van der Waals surface area contributed by atoms with E-state index in [1.54, 1.807) is 30.5 Å². The Kier molecular flexibility index (Phi) is 7.99. The minimum atomic E-state index is -0.490. The van der Waals surface area contributed by atoms with E-state index in [0.29, 0.717) is 23.2 Å². The zero-order valence-corrected chi connectivity index (χ0v) is 16.0. The van der Waals surface area contributed by atoms with Crippen molar-refractivity contribution in [3.63, 3.8) is 0 Å². The average molecular weight is 383 g/mol. The Morgan fingerprint density at radius 1 is 1.15 bits per heavy atom. The second-order valence-corrected chi connectivity index (χ2v) is 5.71. The number of thiocarbonyl (C=S) groups is 1. The normalized spacial score (nSPS) is 10.7. The van der Waals surface area contributed by atoms with Crippen LogP contribution in [0.1, 0.15) is 18.1 Å². The van der Waals surface area contributed by atoms with E-state index >= 15 is 0 Å². The van der Waals surface area contributed by atoms with Crippen LogP contribution in [0.3, 0.4) is 0 Å². The molecule has 2 aromatic rings. The van der Waals surface area contributed by atoms with E-state index in [9.17, 15) is 4.79 Å². The van der Waals surface area contributed by atoms with Crippen LogP contribution in [0.4, 0.5) is 0 Å². The minimum absolute atomic E-state index is 0.327. The molecule has 0 radical (unpaired) electrons. The number of carbonyl (C=O) groups is 1. The van der Waals surface area contributed by atoms with Gasteiger partial charge in [-0.2, -0.15) is 5.10 Å². The molecule has 0 heterocycles. The summed E-state index contributed by atoms with van der Waals surface area (Å²) in [4.78, 5) is 12.0. The van der Waals surface area contributed by atoms with Gasteiger partial charge in [-0.15, -0.1) is 0 Å². The van der Waals surface area contributed by atoms with Crippen molar-refractivity contribution in [1.82, 2.24) is 10.7 Å². The third-order valence-corrected chi connectivity index (χ3v) is 3.56. The molecular weight excluding hydrogens is 362 g/mol. The molecular formula is C20H21N3O3S. The monoisotopic (exact) mass is 383 g/mol. The standard InChI is InChI=1S/C20H21N3O3S/c1-3-21-20(27)23-22-14-16-9-11-17(18(13-16)25-2)26-19(24)12-10-15-7-5-4-6-8-15/h4-14H,3H2,1-2H3,(H2,21,23,27)/b12-10+,22-14+. The molecule has 0 fully saturated rings. The zero-order valence-electron chi connectivity index (χ0n) is 15.1. The summed E-state index contributed by atoms with van der Waals surface area (Å²) in [5.74, 6) is 0.263. The van der Waals surface area contributed by atoms with Crippen molar-refractivity contribution in [2.75, 3.05) is 13.7 Å². The van der Waals surface area contributed by atoms with Crippen molar-refractivity contribution >= 4 is 35.6 Å². The van der Waals surface area contributed by atoms with Gasteiger partial charge in [0.1, 0.15) is 0 Å². The van der Waals surface area contributed by atoms with Crippen molar-refractivity contribution in [1.29, 1.82) is 0 Å². The van der Waals surface area contributed by atoms with Gasteiger partial charge in [-0.25, -0.2) is 4.79 Å². The van der Waals surface area contributed by atoms with Gasteiger partial charge in [0.2, 0.25) is 0 Å². The molecule has 0 aliphatic carbocycles. The lowest BCUT2D eigenvalue weighted by atomic mass is 10.2. The minimum Gasteiger partial charge on any atom is -0.493 e. The molecule has 27 heavy (non-hydrogen) atoms. The van der Waals surface area contributed by atoms with Crippen LogP contribution in [0.2, 0.25) is 0 Å². The number of nitrogens with zero attached hydrogens (tertiary/aromatic N) is 1. The molecule has 0 aromatic heterocycles. The third-order valence-electron chi connectivity index (χ3n) is 3.33. The number of ether oxygens (including phenoxy) is 2. The highest BCUT2D eigenvalue weighted by Crippen LogP contribution is 2.27. The fourth-order valence-corrected chi connectivity index (χ4v) is 2.28. The Balaban J connectivity index is 2.01. The second-order valence-electron chi connectivity index (χ2n) is 5.30. The summed E-state index contributed by atoms with van der Waals surface area (Å²) < 4.78 is 10.6. The number of esters is 1. The predicted molar refractivity (Wildman–Crippen MR) is 111 cm³/mol. The first kappa shape index (κ1) is 20.1. The van der Waals surface area contributed by atoms with E-state index in [0.717, 1.165) is 11.1 Å². The molecule has 2 N–H and O–H groups in total. The maximum atomic E-state index is 12.0. The van der Waals surface area contributed by atoms with Gasteiger partial charge in [-0.1, -0.05) is 30.3 Å². The van der Waals surface area contributed by atoms with Crippen LogP contribution in [0.25, 0.3) is 6.08 Å². The van der Waals surface area contributed by atoms with Gasteiger partial charge in [-0.05, 0) is 54.5 Å². The third kappa shape index (κ3) is 6.91. The lowest BCUT2D eigenvalue weighted by molar-refractivity contribution is -0.129. The topological polar surface area (TPSA) is 72.0 Å². The zero-order chi connectivity index (χ0) is 19.5. The molecule has 0 amide bonds. The van der Waals surface area contributed by atoms with Crippen molar-refractivity contribution < 1.29 is 14.3 Å². The molecule has 2 aromatic carbocycles. The molecule has 7 heteroatoms. The number of carbonyl (C=O) groups excluding carboxylic acids is 1. The van der Waals surface area contributed by atoms with E-state index in [2.05, 4.69) is 15.8 Å². The Labute approximate surface area is 163 Å². The number of benzene rings is 2. The summed E-state index contributed by atoms with van der Waals surface area (Å²) in [7, 11) is 1.51. The van der Waals surface area contributed by atoms with Gasteiger partial charge in [0, 0.05) is 12.6 Å². The average Bonchev–Trinajstić information content (AvgIpc) is 2.68. The molecule has 0 spiro atoms. The van der Waals surface area contributed by atoms with Crippen LogP contribution in [-0.4, -0.2) is 31.0 Å². The highest BCUT2D eigenvalue weighted by molar-refractivity contribution is 7.80. The lowest BCUT2D eigenvalue weighted by Gasteiger charge is -2.08. The van der Waals surface area contributed by atoms with Crippen LogP contribution >= 0.6 is 12.2 Å². The lowest BCUT2D eigenvalue weighted by Crippen LogP contribution is -2.31. The molecule has 6 nitrogen and oxygen atoms in total.